The molecule has 0 aromatic carbocycles. The van der Waals surface area contributed by atoms with Crippen molar-refractivity contribution in [3.05, 3.63) is 34.7 Å². The molecule has 0 unspecified atom stereocenters. The predicted octanol–water partition coefficient (Wildman–Crippen LogP) is 1.38. The SMILES string of the molecule is CCOC(=O)C(C(C)=O)=C1C=C(C)N(CCOS(=O)(=O)O)C(C)=C1. The van der Waals surface area contributed by atoms with Gasteiger partial charge in [0.15, 0.2) is 5.78 Å². The number of Topliss-reactive ketones (excluding diaryl/α,β-unsaturated/α-hetero) is 1. The van der Waals surface area contributed by atoms with Crippen molar-refractivity contribution in [2.24, 2.45) is 0 Å². The largest absolute Gasteiger partial charge is 0.462 e. The van der Waals surface area contributed by atoms with Crippen LogP contribution in [0.15, 0.2) is 34.7 Å². The quantitative estimate of drug-likeness (QED) is 0.239. The molecule has 24 heavy (non-hydrogen) atoms. The van der Waals surface area contributed by atoms with Crippen molar-refractivity contribution in [2.45, 2.75) is 27.7 Å². The Morgan fingerprint density at radius 1 is 1.21 bits per heavy atom. The highest BCUT2D eigenvalue weighted by Gasteiger charge is 2.23. The molecule has 0 radical (unpaired) electrons. The Balaban J connectivity index is 3.06. The number of ketones is 1. The van der Waals surface area contributed by atoms with Gasteiger partial charge < -0.3 is 9.64 Å². The van der Waals surface area contributed by atoms with E-state index in [9.17, 15) is 18.0 Å². The van der Waals surface area contributed by atoms with Crippen LogP contribution in [-0.4, -0.2) is 49.4 Å². The molecule has 134 valence electrons. The Bertz CT molecular complexity index is 694. The number of hydrogen-bond donors (Lipinski definition) is 1. The Morgan fingerprint density at radius 2 is 1.75 bits per heavy atom. The van der Waals surface area contributed by atoms with Gasteiger partial charge in [0.2, 0.25) is 0 Å². The molecule has 0 atom stereocenters. The molecule has 0 aromatic heterocycles. The molecular formula is C15H21NO7S. The number of ether oxygens (including phenoxy) is 1. The molecule has 1 N–H and O–H groups in total. The van der Waals surface area contributed by atoms with Gasteiger partial charge in [0, 0.05) is 17.9 Å². The zero-order chi connectivity index (χ0) is 18.5. The highest BCUT2D eigenvalue weighted by Crippen LogP contribution is 2.25. The van der Waals surface area contributed by atoms with Crippen molar-refractivity contribution < 1.29 is 31.5 Å². The monoisotopic (exact) mass is 359 g/mol. The Morgan fingerprint density at radius 3 is 2.17 bits per heavy atom. The Hall–Kier alpha value is -1.97. The smallest absolute Gasteiger partial charge is 0.397 e. The van der Waals surface area contributed by atoms with Crippen molar-refractivity contribution in [3.63, 3.8) is 0 Å². The third-order valence-electron chi connectivity index (χ3n) is 3.25. The minimum Gasteiger partial charge on any atom is -0.462 e. The summed E-state index contributed by atoms with van der Waals surface area (Å²) in [5, 5.41) is 0. The van der Waals surface area contributed by atoms with E-state index in [0.29, 0.717) is 17.0 Å². The van der Waals surface area contributed by atoms with Crippen LogP contribution in [-0.2, 0) is 28.9 Å². The van der Waals surface area contributed by atoms with Crippen LogP contribution >= 0.6 is 0 Å². The van der Waals surface area contributed by atoms with E-state index in [1.165, 1.54) is 6.92 Å². The second-order valence-corrected chi connectivity index (χ2v) is 6.17. The molecule has 0 saturated heterocycles. The Labute approximate surface area is 141 Å². The van der Waals surface area contributed by atoms with Gasteiger partial charge >= 0.3 is 16.4 Å². The molecule has 0 amide bonds. The molecule has 1 aliphatic heterocycles. The van der Waals surface area contributed by atoms with Crippen LogP contribution in [0, 0.1) is 0 Å². The first-order chi connectivity index (χ1) is 11.1. The van der Waals surface area contributed by atoms with Crippen LogP contribution in [0.25, 0.3) is 0 Å². The highest BCUT2D eigenvalue weighted by molar-refractivity contribution is 7.80. The fourth-order valence-electron chi connectivity index (χ4n) is 2.32. The number of allylic oxidation sites excluding steroid dienone is 5. The summed E-state index contributed by atoms with van der Waals surface area (Å²) in [5.41, 5.74) is 1.77. The number of carbonyl (C=O) groups excluding carboxylic acids is 2. The van der Waals surface area contributed by atoms with E-state index in [4.69, 9.17) is 9.29 Å². The summed E-state index contributed by atoms with van der Waals surface area (Å²) in [6.07, 6.45) is 3.27. The summed E-state index contributed by atoms with van der Waals surface area (Å²) in [5.74, 6) is -1.09. The van der Waals surface area contributed by atoms with Gasteiger partial charge in [-0.2, -0.15) is 8.42 Å². The predicted molar refractivity (Wildman–Crippen MR) is 86.1 cm³/mol. The lowest BCUT2D eigenvalue weighted by Crippen LogP contribution is -2.28. The molecule has 1 heterocycles. The molecule has 1 rings (SSSR count). The van der Waals surface area contributed by atoms with Gasteiger partial charge in [-0.3, -0.25) is 9.35 Å². The van der Waals surface area contributed by atoms with Crippen molar-refractivity contribution in [3.8, 4) is 0 Å². The summed E-state index contributed by atoms with van der Waals surface area (Å²) in [6, 6.07) is 0. The van der Waals surface area contributed by atoms with E-state index in [0.717, 1.165) is 0 Å². The van der Waals surface area contributed by atoms with E-state index in [1.54, 1.807) is 37.8 Å². The maximum absolute atomic E-state index is 12.0. The van der Waals surface area contributed by atoms with E-state index < -0.39 is 22.2 Å². The summed E-state index contributed by atoms with van der Waals surface area (Å²) in [7, 11) is -4.49. The average molecular weight is 359 g/mol. The molecule has 8 nitrogen and oxygen atoms in total. The fourth-order valence-corrected chi connectivity index (χ4v) is 2.61. The lowest BCUT2D eigenvalue weighted by molar-refractivity contribution is -0.139. The summed E-state index contributed by atoms with van der Waals surface area (Å²) in [6.45, 7) is 6.52. The minimum atomic E-state index is -4.49. The molecule has 0 bridgehead atoms. The van der Waals surface area contributed by atoms with Gasteiger partial charge in [0.1, 0.15) is 5.57 Å². The lowest BCUT2D eigenvalue weighted by Gasteiger charge is -2.29. The van der Waals surface area contributed by atoms with Gasteiger partial charge in [-0.25, -0.2) is 8.98 Å². The van der Waals surface area contributed by atoms with E-state index in [2.05, 4.69) is 4.18 Å². The van der Waals surface area contributed by atoms with Gasteiger partial charge in [-0.1, -0.05) is 0 Å². The zero-order valence-corrected chi connectivity index (χ0v) is 14.8. The first-order valence-corrected chi connectivity index (χ1v) is 8.61. The zero-order valence-electron chi connectivity index (χ0n) is 14.0. The van der Waals surface area contributed by atoms with E-state index >= 15 is 0 Å². The first kappa shape index (κ1) is 20.1. The molecule has 0 aliphatic carbocycles. The summed E-state index contributed by atoms with van der Waals surface area (Å²) >= 11 is 0. The molecule has 0 fully saturated rings. The first-order valence-electron chi connectivity index (χ1n) is 7.25. The molecule has 0 aromatic rings. The van der Waals surface area contributed by atoms with E-state index in [1.807, 2.05) is 0 Å². The lowest BCUT2D eigenvalue weighted by atomic mass is 9.99. The molecule has 9 heteroatoms. The number of esters is 1. The van der Waals surface area contributed by atoms with Crippen molar-refractivity contribution >= 4 is 22.2 Å². The normalized spacial score (nSPS) is 14.9. The summed E-state index contributed by atoms with van der Waals surface area (Å²) in [4.78, 5) is 25.5. The third-order valence-corrected chi connectivity index (χ3v) is 3.71. The van der Waals surface area contributed by atoms with Crippen LogP contribution in [0.5, 0.6) is 0 Å². The Kier molecular flexibility index (Phi) is 6.88. The van der Waals surface area contributed by atoms with Crippen LogP contribution in [0.4, 0.5) is 0 Å². The number of nitrogens with zero attached hydrogens (tertiary/aromatic N) is 1. The van der Waals surface area contributed by atoms with E-state index in [-0.39, 0.29) is 25.3 Å². The van der Waals surface area contributed by atoms with Crippen molar-refractivity contribution in [1.82, 2.24) is 4.90 Å². The minimum absolute atomic E-state index is 0.0376. The van der Waals surface area contributed by atoms with Crippen LogP contribution in [0.3, 0.4) is 0 Å². The van der Waals surface area contributed by atoms with Gasteiger partial charge in [-0.15, -0.1) is 0 Å². The number of rotatable bonds is 7. The van der Waals surface area contributed by atoms with Crippen LogP contribution in [0.1, 0.15) is 27.7 Å². The van der Waals surface area contributed by atoms with Gasteiger partial charge in [-0.05, 0) is 45.4 Å². The van der Waals surface area contributed by atoms with Crippen molar-refractivity contribution in [2.75, 3.05) is 19.8 Å². The molecule has 0 spiro atoms. The number of hydrogen-bond acceptors (Lipinski definition) is 7. The maximum atomic E-state index is 12.0. The topological polar surface area (TPSA) is 110 Å². The maximum Gasteiger partial charge on any atom is 0.397 e. The summed E-state index contributed by atoms with van der Waals surface area (Å²) < 4.78 is 38.9. The van der Waals surface area contributed by atoms with Gasteiger partial charge in [0.05, 0.1) is 13.2 Å². The third kappa shape index (κ3) is 5.59. The highest BCUT2D eigenvalue weighted by atomic mass is 32.3. The number of carbonyl (C=O) groups is 2. The van der Waals surface area contributed by atoms with Crippen molar-refractivity contribution in [1.29, 1.82) is 0 Å². The molecular weight excluding hydrogens is 338 g/mol. The second kappa shape index (κ2) is 8.22. The molecule has 1 aliphatic rings. The standard InChI is InChI=1S/C15H21NO7S/c1-5-22-15(18)14(12(4)17)13-8-10(2)16(11(3)9-13)6-7-23-24(19,20)21/h8-9H,5-7H2,1-4H3,(H,19,20,21). The van der Waals surface area contributed by atoms with Gasteiger partial charge in [0.25, 0.3) is 0 Å². The van der Waals surface area contributed by atoms with Crippen LogP contribution in [0.2, 0.25) is 0 Å². The van der Waals surface area contributed by atoms with Crippen LogP contribution < -0.4 is 0 Å². The fraction of sp³-hybridized carbons (Fsp3) is 0.467. The molecule has 0 saturated carbocycles. The second-order valence-electron chi connectivity index (χ2n) is 5.08. The average Bonchev–Trinajstić information content (AvgIpc) is 2.40.